The fraction of sp³-hybridized carbons (Fsp3) is 0.429. The van der Waals surface area contributed by atoms with Gasteiger partial charge in [-0.3, -0.25) is 4.79 Å². The van der Waals surface area contributed by atoms with Gasteiger partial charge in [0.05, 0.1) is 4.88 Å². The van der Waals surface area contributed by atoms with E-state index in [-0.39, 0.29) is 5.91 Å². The fourth-order valence-electron chi connectivity index (χ4n) is 1.63. The van der Waals surface area contributed by atoms with E-state index >= 15 is 0 Å². The summed E-state index contributed by atoms with van der Waals surface area (Å²) in [4.78, 5) is 23.0. The largest absolute Gasteiger partial charge is 0.478 e. The van der Waals surface area contributed by atoms with Crippen molar-refractivity contribution >= 4 is 29.3 Å². The number of nitrogens with one attached hydrogen (secondary N) is 1. The predicted octanol–water partition coefficient (Wildman–Crippen LogP) is 2.39. The van der Waals surface area contributed by atoms with E-state index in [0.29, 0.717) is 17.0 Å². The summed E-state index contributed by atoms with van der Waals surface area (Å²) >= 11 is 1.31. The van der Waals surface area contributed by atoms with E-state index in [1.54, 1.807) is 18.6 Å². The minimum Gasteiger partial charge on any atom is -0.478 e. The van der Waals surface area contributed by atoms with Crippen molar-refractivity contribution in [2.24, 2.45) is 0 Å². The highest BCUT2D eigenvalue weighted by atomic mass is 32.1. The maximum atomic E-state index is 12.0. The lowest BCUT2D eigenvalue weighted by Crippen LogP contribution is -2.24. The third kappa shape index (κ3) is 5.99. The molecular weight excluding hydrogens is 278 g/mol. The summed E-state index contributed by atoms with van der Waals surface area (Å²) in [5.74, 6) is -1.18. The lowest BCUT2D eigenvalue weighted by molar-refractivity contribution is -0.131. The smallest absolute Gasteiger partial charge is 0.328 e. The Labute approximate surface area is 122 Å². The van der Waals surface area contributed by atoms with E-state index in [9.17, 15) is 9.59 Å². The van der Waals surface area contributed by atoms with Gasteiger partial charge in [0, 0.05) is 26.3 Å². The maximum absolute atomic E-state index is 12.0. The molecule has 110 valence electrons. The first-order valence-corrected chi connectivity index (χ1v) is 7.28. The van der Waals surface area contributed by atoms with Crippen LogP contribution in [0.4, 0.5) is 0 Å². The molecular formula is C14H19NO4S. The molecule has 1 aromatic rings. The van der Waals surface area contributed by atoms with E-state index in [1.165, 1.54) is 17.4 Å². The highest BCUT2D eigenvalue weighted by Crippen LogP contribution is 2.18. The van der Waals surface area contributed by atoms with E-state index in [4.69, 9.17) is 9.84 Å². The van der Waals surface area contributed by atoms with E-state index in [2.05, 4.69) is 5.32 Å². The van der Waals surface area contributed by atoms with Crippen LogP contribution in [-0.2, 0) is 9.53 Å². The Hall–Kier alpha value is -1.66. The van der Waals surface area contributed by atoms with Crippen molar-refractivity contribution in [3.8, 4) is 0 Å². The first kappa shape index (κ1) is 16.4. The molecule has 0 bridgehead atoms. The Kier molecular flexibility index (Phi) is 7.60. The number of methoxy groups -OCH3 is 1. The number of aliphatic carboxylic acids is 1. The quantitative estimate of drug-likeness (QED) is 0.542. The summed E-state index contributed by atoms with van der Waals surface area (Å²) in [5, 5.41) is 13.2. The topological polar surface area (TPSA) is 75.6 Å². The molecule has 5 nitrogen and oxygen atoms in total. The van der Waals surface area contributed by atoms with Crippen molar-refractivity contribution in [3.63, 3.8) is 0 Å². The average Bonchev–Trinajstić information content (AvgIpc) is 2.88. The van der Waals surface area contributed by atoms with Crippen LogP contribution in [0.15, 0.2) is 17.5 Å². The molecule has 0 aromatic carbocycles. The van der Waals surface area contributed by atoms with Gasteiger partial charge in [0.1, 0.15) is 0 Å². The summed E-state index contributed by atoms with van der Waals surface area (Å²) < 4.78 is 4.95. The second-order valence-electron chi connectivity index (χ2n) is 4.19. The van der Waals surface area contributed by atoms with Crippen molar-refractivity contribution in [3.05, 3.63) is 28.0 Å². The number of unbranched alkanes of at least 4 members (excludes halogenated alkanes) is 2. The first-order chi connectivity index (χ1) is 9.65. The molecule has 0 atom stereocenters. The second kappa shape index (κ2) is 9.28. The molecule has 0 spiro atoms. The number of hydrogen-bond acceptors (Lipinski definition) is 4. The number of amides is 1. The zero-order valence-electron chi connectivity index (χ0n) is 11.4. The molecule has 1 rings (SSSR count). The van der Waals surface area contributed by atoms with Crippen LogP contribution < -0.4 is 5.32 Å². The van der Waals surface area contributed by atoms with Gasteiger partial charge in [-0.15, -0.1) is 11.3 Å². The first-order valence-electron chi connectivity index (χ1n) is 6.40. The van der Waals surface area contributed by atoms with Crippen LogP contribution in [0, 0.1) is 0 Å². The summed E-state index contributed by atoms with van der Waals surface area (Å²) in [5.41, 5.74) is 0.634. The molecule has 1 heterocycles. The van der Waals surface area contributed by atoms with Crippen LogP contribution in [0.1, 0.15) is 34.5 Å². The second-order valence-corrected chi connectivity index (χ2v) is 5.10. The Morgan fingerprint density at radius 2 is 2.20 bits per heavy atom. The number of ether oxygens (including phenoxy) is 1. The van der Waals surface area contributed by atoms with E-state index in [1.807, 2.05) is 0 Å². The molecule has 1 amide bonds. The molecule has 0 radical (unpaired) electrons. The molecule has 0 aliphatic heterocycles. The van der Waals surface area contributed by atoms with Crippen molar-refractivity contribution < 1.29 is 19.4 Å². The molecule has 0 aliphatic rings. The molecule has 0 unspecified atom stereocenters. The van der Waals surface area contributed by atoms with Crippen LogP contribution in [0.5, 0.6) is 0 Å². The van der Waals surface area contributed by atoms with Gasteiger partial charge >= 0.3 is 5.97 Å². The van der Waals surface area contributed by atoms with Crippen LogP contribution in [0.3, 0.4) is 0 Å². The maximum Gasteiger partial charge on any atom is 0.328 e. The van der Waals surface area contributed by atoms with Crippen molar-refractivity contribution in [2.45, 2.75) is 19.3 Å². The number of carbonyl (C=O) groups is 2. The molecule has 1 aromatic heterocycles. The Bertz CT molecular complexity index is 467. The molecule has 0 saturated carbocycles. The highest BCUT2D eigenvalue weighted by Gasteiger charge is 2.10. The van der Waals surface area contributed by atoms with Crippen LogP contribution in [0.2, 0.25) is 0 Å². The van der Waals surface area contributed by atoms with Crippen molar-refractivity contribution in [2.75, 3.05) is 20.3 Å². The number of carboxylic acid groups (broad SMARTS) is 1. The Balaban J connectivity index is 2.40. The Morgan fingerprint density at radius 1 is 1.40 bits per heavy atom. The third-order valence-electron chi connectivity index (χ3n) is 2.62. The summed E-state index contributed by atoms with van der Waals surface area (Å²) in [6.45, 7) is 1.35. The number of thiophene rings is 1. The lowest BCUT2D eigenvalue weighted by atomic mass is 10.2. The van der Waals surface area contributed by atoms with Gasteiger partial charge in [0.25, 0.3) is 5.91 Å². The van der Waals surface area contributed by atoms with Gasteiger partial charge in [-0.2, -0.15) is 0 Å². The number of carbonyl (C=O) groups excluding carboxylic acids is 1. The van der Waals surface area contributed by atoms with Gasteiger partial charge in [0.15, 0.2) is 0 Å². The number of hydrogen-bond donors (Lipinski definition) is 2. The van der Waals surface area contributed by atoms with E-state index in [0.717, 1.165) is 31.9 Å². The van der Waals surface area contributed by atoms with Crippen molar-refractivity contribution in [1.82, 2.24) is 5.32 Å². The zero-order valence-corrected chi connectivity index (χ0v) is 12.2. The van der Waals surface area contributed by atoms with Crippen LogP contribution in [-0.4, -0.2) is 37.2 Å². The molecule has 6 heteroatoms. The monoisotopic (exact) mass is 297 g/mol. The van der Waals surface area contributed by atoms with Crippen LogP contribution in [0.25, 0.3) is 6.08 Å². The molecule has 20 heavy (non-hydrogen) atoms. The summed E-state index contributed by atoms with van der Waals surface area (Å²) in [7, 11) is 1.67. The normalized spacial score (nSPS) is 10.8. The molecule has 0 aliphatic carbocycles. The number of carboxylic acids is 1. The standard InChI is InChI=1S/C14H19NO4S/c1-19-9-4-2-3-8-15-14(18)13-11(7-10-20-13)5-6-12(16)17/h5-7,10H,2-4,8-9H2,1H3,(H,15,18)(H,16,17)/b6-5+. The fourth-order valence-corrected chi connectivity index (χ4v) is 2.43. The molecule has 0 fully saturated rings. The average molecular weight is 297 g/mol. The lowest BCUT2D eigenvalue weighted by Gasteiger charge is -2.04. The van der Waals surface area contributed by atoms with Gasteiger partial charge < -0.3 is 15.2 Å². The number of rotatable bonds is 9. The summed E-state index contributed by atoms with van der Waals surface area (Å²) in [6.07, 6.45) is 5.36. The van der Waals surface area contributed by atoms with Crippen LogP contribution >= 0.6 is 11.3 Å². The van der Waals surface area contributed by atoms with Gasteiger partial charge in [0.2, 0.25) is 0 Å². The third-order valence-corrected chi connectivity index (χ3v) is 3.55. The van der Waals surface area contributed by atoms with Gasteiger partial charge in [-0.25, -0.2) is 4.79 Å². The minimum atomic E-state index is -1.03. The predicted molar refractivity (Wildman–Crippen MR) is 79.0 cm³/mol. The Morgan fingerprint density at radius 3 is 2.90 bits per heavy atom. The minimum absolute atomic E-state index is 0.156. The van der Waals surface area contributed by atoms with Gasteiger partial charge in [-0.1, -0.05) is 0 Å². The zero-order chi connectivity index (χ0) is 14.8. The van der Waals surface area contributed by atoms with Gasteiger partial charge in [-0.05, 0) is 42.3 Å². The molecule has 0 saturated heterocycles. The van der Waals surface area contributed by atoms with Crippen molar-refractivity contribution in [1.29, 1.82) is 0 Å². The summed E-state index contributed by atoms with van der Waals surface area (Å²) in [6, 6.07) is 1.73. The molecule has 2 N–H and O–H groups in total. The van der Waals surface area contributed by atoms with E-state index < -0.39 is 5.97 Å². The highest BCUT2D eigenvalue weighted by molar-refractivity contribution is 7.12. The SMILES string of the molecule is COCCCCCNC(=O)c1sccc1/C=C/C(=O)O.